The van der Waals surface area contributed by atoms with E-state index in [4.69, 9.17) is 5.11 Å². The van der Waals surface area contributed by atoms with Gasteiger partial charge in [0, 0.05) is 19.1 Å². The van der Waals surface area contributed by atoms with Crippen LogP contribution >= 0.6 is 0 Å². The van der Waals surface area contributed by atoms with E-state index in [1.165, 1.54) is 4.90 Å². The van der Waals surface area contributed by atoms with Crippen molar-refractivity contribution in [3.8, 4) is 0 Å². The molecule has 1 unspecified atom stereocenters. The molecule has 0 aliphatic carbocycles. The molecule has 0 radical (unpaired) electrons. The first-order valence-electron chi connectivity index (χ1n) is 6.78. The van der Waals surface area contributed by atoms with Gasteiger partial charge >= 0.3 is 5.97 Å². The Morgan fingerprint density at radius 3 is 2.47 bits per heavy atom. The van der Waals surface area contributed by atoms with Crippen LogP contribution in [-0.2, 0) is 9.59 Å². The Labute approximate surface area is 115 Å². The van der Waals surface area contributed by atoms with Crippen LogP contribution in [0.15, 0.2) is 0 Å². The summed E-state index contributed by atoms with van der Waals surface area (Å²) in [4.78, 5) is 28.5. The maximum absolute atomic E-state index is 12.2. The van der Waals surface area contributed by atoms with E-state index in [1.54, 1.807) is 0 Å². The molecular formula is C13H25N3O3. The summed E-state index contributed by atoms with van der Waals surface area (Å²) in [6, 6.07) is 0.421. The van der Waals surface area contributed by atoms with Crippen molar-refractivity contribution in [2.75, 3.05) is 46.8 Å². The molecule has 110 valence electrons. The van der Waals surface area contributed by atoms with Gasteiger partial charge in [-0.15, -0.1) is 0 Å². The van der Waals surface area contributed by atoms with Crippen molar-refractivity contribution in [1.82, 2.24) is 14.7 Å². The summed E-state index contributed by atoms with van der Waals surface area (Å²) in [5.74, 6) is -1.04. The normalized spacial score (nSPS) is 19.9. The number of carboxylic acid groups (broad SMARTS) is 1. The van der Waals surface area contributed by atoms with E-state index in [-0.39, 0.29) is 12.5 Å². The Hall–Kier alpha value is -1.14. The lowest BCUT2D eigenvalue weighted by atomic mass is 10.2. The molecule has 0 spiro atoms. The molecule has 1 aliphatic rings. The van der Waals surface area contributed by atoms with E-state index in [1.807, 2.05) is 19.0 Å². The minimum Gasteiger partial charge on any atom is -0.480 e. The predicted molar refractivity (Wildman–Crippen MR) is 73.0 cm³/mol. The molecule has 6 heteroatoms. The van der Waals surface area contributed by atoms with Gasteiger partial charge in [0.2, 0.25) is 5.91 Å². The first-order chi connectivity index (χ1) is 8.90. The van der Waals surface area contributed by atoms with E-state index in [0.29, 0.717) is 25.7 Å². The van der Waals surface area contributed by atoms with E-state index < -0.39 is 5.97 Å². The second-order valence-electron chi connectivity index (χ2n) is 5.47. The highest BCUT2D eigenvalue weighted by molar-refractivity contribution is 5.82. The Morgan fingerprint density at radius 1 is 1.32 bits per heavy atom. The number of nitrogens with zero attached hydrogens (tertiary/aromatic N) is 3. The zero-order valence-electron chi connectivity index (χ0n) is 12.1. The summed E-state index contributed by atoms with van der Waals surface area (Å²) in [7, 11) is 3.82. The Morgan fingerprint density at radius 2 is 2.00 bits per heavy atom. The number of rotatable bonds is 7. The third-order valence-corrected chi connectivity index (χ3v) is 3.52. The van der Waals surface area contributed by atoms with Gasteiger partial charge in [0.1, 0.15) is 6.54 Å². The van der Waals surface area contributed by atoms with Crippen molar-refractivity contribution in [2.24, 2.45) is 0 Å². The van der Waals surface area contributed by atoms with E-state index >= 15 is 0 Å². The van der Waals surface area contributed by atoms with Gasteiger partial charge in [-0.1, -0.05) is 0 Å². The van der Waals surface area contributed by atoms with Crippen molar-refractivity contribution in [2.45, 2.75) is 25.8 Å². The zero-order valence-corrected chi connectivity index (χ0v) is 12.1. The lowest BCUT2D eigenvalue weighted by Gasteiger charge is -2.27. The molecule has 6 nitrogen and oxygen atoms in total. The largest absolute Gasteiger partial charge is 0.480 e. The number of carboxylic acids is 1. The molecule has 1 rings (SSSR count). The molecule has 1 atom stereocenters. The monoisotopic (exact) mass is 271 g/mol. The molecule has 1 heterocycles. The highest BCUT2D eigenvalue weighted by Gasteiger charge is 2.25. The Kier molecular flexibility index (Phi) is 6.24. The topological polar surface area (TPSA) is 64.1 Å². The Balaban J connectivity index is 2.52. The molecule has 1 fully saturated rings. The van der Waals surface area contributed by atoms with Crippen LogP contribution in [0.2, 0.25) is 0 Å². The molecule has 1 saturated heterocycles. The van der Waals surface area contributed by atoms with Crippen LogP contribution in [0.4, 0.5) is 0 Å². The summed E-state index contributed by atoms with van der Waals surface area (Å²) in [6.07, 6.45) is 2.23. The van der Waals surface area contributed by atoms with E-state index in [0.717, 1.165) is 19.4 Å². The van der Waals surface area contributed by atoms with Crippen molar-refractivity contribution < 1.29 is 14.7 Å². The quantitative estimate of drug-likeness (QED) is 0.703. The maximum Gasteiger partial charge on any atom is 0.323 e. The number of carbonyl (C=O) groups is 2. The summed E-state index contributed by atoms with van der Waals surface area (Å²) in [5, 5.41) is 8.89. The summed E-state index contributed by atoms with van der Waals surface area (Å²) < 4.78 is 0. The lowest BCUT2D eigenvalue weighted by molar-refractivity contribution is -0.145. The number of carbonyl (C=O) groups excluding carboxylic acids is 1. The van der Waals surface area contributed by atoms with Crippen LogP contribution in [0.3, 0.4) is 0 Å². The van der Waals surface area contributed by atoms with E-state index in [2.05, 4.69) is 11.8 Å². The SMILES string of the molecule is CC1CCCN1CC(=O)N(CCN(C)C)CC(=O)O. The van der Waals surface area contributed by atoms with Crippen LogP contribution in [0, 0.1) is 0 Å². The van der Waals surface area contributed by atoms with Gasteiger partial charge < -0.3 is 14.9 Å². The molecule has 19 heavy (non-hydrogen) atoms. The number of amides is 1. The number of aliphatic carboxylic acids is 1. The van der Waals surface area contributed by atoms with Gasteiger partial charge in [-0.25, -0.2) is 0 Å². The van der Waals surface area contributed by atoms with Gasteiger partial charge in [0.25, 0.3) is 0 Å². The van der Waals surface area contributed by atoms with Crippen LogP contribution in [0.25, 0.3) is 0 Å². The average Bonchev–Trinajstić information content (AvgIpc) is 2.69. The highest BCUT2D eigenvalue weighted by Crippen LogP contribution is 2.15. The van der Waals surface area contributed by atoms with Gasteiger partial charge in [-0.2, -0.15) is 0 Å². The molecule has 0 aromatic rings. The van der Waals surface area contributed by atoms with Crippen molar-refractivity contribution in [3.63, 3.8) is 0 Å². The number of likely N-dealkylation sites (tertiary alicyclic amines) is 1. The highest BCUT2D eigenvalue weighted by atomic mass is 16.4. The number of hydrogen-bond donors (Lipinski definition) is 1. The second-order valence-corrected chi connectivity index (χ2v) is 5.47. The third-order valence-electron chi connectivity index (χ3n) is 3.52. The number of hydrogen-bond acceptors (Lipinski definition) is 4. The van der Waals surface area contributed by atoms with Crippen molar-refractivity contribution in [3.05, 3.63) is 0 Å². The lowest BCUT2D eigenvalue weighted by Crippen LogP contribution is -2.45. The van der Waals surface area contributed by atoms with Crippen LogP contribution < -0.4 is 0 Å². The van der Waals surface area contributed by atoms with Crippen molar-refractivity contribution in [1.29, 1.82) is 0 Å². The fourth-order valence-corrected chi connectivity index (χ4v) is 2.28. The van der Waals surface area contributed by atoms with Gasteiger partial charge in [0.15, 0.2) is 0 Å². The predicted octanol–water partition coefficient (Wildman–Crippen LogP) is -0.0545. The summed E-state index contributed by atoms with van der Waals surface area (Å²) in [6.45, 7) is 4.30. The molecule has 0 aromatic carbocycles. The number of likely N-dealkylation sites (N-methyl/N-ethyl adjacent to an activating group) is 1. The maximum atomic E-state index is 12.2. The standard InChI is InChI=1S/C13H25N3O3/c1-11-5-4-6-15(11)9-12(17)16(10-13(18)19)8-7-14(2)3/h11H,4-10H2,1-3H3,(H,18,19). The molecule has 0 saturated carbocycles. The van der Waals surface area contributed by atoms with E-state index in [9.17, 15) is 9.59 Å². The summed E-state index contributed by atoms with van der Waals surface area (Å²) >= 11 is 0. The van der Waals surface area contributed by atoms with Crippen molar-refractivity contribution >= 4 is 11.9 Å². The average molecular weight is 271 g/mol. The molecule has 1 aliphatic heterocycles. The molecular weight excluding hydrogens is 246 g/mol. The molecule has 1 amide bonds. The minimum atomic E-state index is -0.957. The third kappa shape index (κ3) is 5.57. The first kappa shape index (κ1) is 15.9. The van der Waals surface area contributed by atoms with Gasteiger partial charge in [0.05, 0.1) is 6.54 Å². The molecule has 0 aromatic heterocycles. The molecule has 1 N–H and O–H groups in total. The fraction of sp³-hybridized carbons (Fsp3) is 0.846. The molecule has 0 bridgehead atoms. The minimum absolute atomic E-state index is 0.0852. The van der Waals surface area contributed by atoms with Gasteiger partial charge in [-0.05, 0) is 40.4 Å². The van der Waals surface area contributed by atoms with Gasteiger partial charge in [-0.3, -0.25) is 14.5 Å². The second kappa shape index (κ2) is 7.45. The summed E-state index contributed by atoms with van der Waals surface area (Å²) in [5.41, 5.74) is 0. The smallest absolute Gasteiger partial charge is 0.323 e. The zero-order chi connectivity index (χ0) is 14.4. The van der Waals surface area contributed by atoms with Crippen LogP contribution in [0.5, 0.6) is 0 Å². The van der Waals surface area contributed by atoms with Crippen LogP contribution in [0.1, 0.15) is 19.8 Å². The first-order valence-corrected chi connectivity index (χ1v) is 6.78. The Bertz CT molecular complexity index is 320. The fourth-order valence-electron chi connectivity index (χ4n) is 2.28. The van der Waals surface area contributed by atoms with Crippen LogP contribution in [-0.4, -0.2) is 84.5 Å².